The normalized spacial score (nSPS) is 21.9. The fraction of sp³-hybridized carbons (Fsp3) is 0.857. The van der Waals surface area contributed by atoms with E-state index in [1.807, 2.05) is 41.5 Å². The van der Waals surface area contributed by atoms with Crippen molar-refractivity contribution in [1.29, 1.82) is 0 Å². The van der Waals surface area contributed by atoms with Crippen molar-refractivity contribution in [3.63, 3.8) is 0 Å². The van der Waals surface area contributed by atoms with Crippen LogP contribution in [0.25, 0.3) is 0 Å². The molecule has 1 saturated heterocycles. The number of aldehydes is 1. The van der Waals surface area contributed by atoms with Crippen molar-refractivity contribution in [3.05, 3.63) is 0 Å². The summed E-state index contributed by atoms with van der Waals surface area (Å²) in [5, 5.41) is 5.11. The second-order valence-corrected chi connectivity index (χ2v) is 10.8. The van der Waals surface area contributed by atoms with Gasteiger partial charge in [0.2, 0.25) is 18.2 Å². The van der Waals surface area contributed by atoms with E-state index in [1.54, 1.807) is 7.11 Å². The first-order valence-corrected chi connectivity index (χ1v) is 13.5. The van der Waals surface area contributed by atoms with Gasteiger partial charge in [-0.3, -0.25) is 14.4 Å². The van der Waals surface area contributed by atoms with E-state index in [0.717, 1.165) is 18.6 Å². The third-order valence-electron chi connectivity index (χ3n) is 4.85. The lowest BCUT2D eigenvalue weighted by Crippen LogP contribution is -2.61. The number of nitrogens with one attached hydrogen (secondary N) is 2. The molecule has 0 bridgehead atoms. The Labute approximate surface area is 221 Å². The van der Waals surface area contributed by atoms with Gasteiger partial charge in [-0.15, -0.1) is 0 Å². The van der Waals surface area contributed by atoms with E-state index in [0.29, 0.717) is 38.1 Å². The van der Waals surface area contributed by atoms with Gasteiger partial charge in [-0.25, -0.2) is 0 Å². The fourth-order valence-electron chi connectivity index (χ4n) is 3.31. The van der Waals surface area contributed by atoms with Crippen LogP contribution in [0.2, 0.25) is 0 Å². The van der Waals surface area contributed by atoms with E-state index in [1.165, 1.54) is 11.3 Å². The summed E-state index contributed by atoms with van der Waals surface area (Å²) in [6, 6.07) is -0.543. The highest BCUT2D eigenvalue weighted by atomic mass is 16.5. The molecule has 1 aliphatic heterocycles. The molecule has 1 aliphatic carbocycles. The molecule has 8 heteroatoms. The number of nitrogens with zero attached hydrogens (tertiary/aromatic N) is 1. The smallest absolute Gasteiger partial charge is 0.243 e. The van der Waals surface area contributed by atoms with Crippen LogP contribution in [-0.2, 0) is 23.9 Å². The van der Waals surface area contributed by atoms with Crippen molar-refractivity contribution in [1.82, 2.24) is 15.5 Å². The molecule has 2 aliphatic rings. The Morgan fingerprint density at radius 3 is 1.89 bits per heavy atom. The van der Waals surface area contributed by atoms with Gasteiger partial charge in [0.25, 0.3) is 0 Å². The standard InChI is InChI=1S/C14H21N3O4.C5H12O.C4H10.C3H8.C2H6/c1-10-5-14(6-10,8-18)16-13(21)11-3-2-4-17(11)12(20)7-15-9-19;1-5(2,3)6-4;1-4(2)3;1-3-2;1-2/h8-11H,2-7H2,1H3,(H,15,19)(H,16,21);1-4H3;4H,1-3H3;3H2,1-2H3;1-2H3. The zero-order valence-electron chi connectivity index (χ0n) is 25.3. The largest absolute Gasteiger partial charge is 0.379 e. The van der Waals surface area contributed by atoms with Gasteiger partial charge in [-0.2, -0.15) is 0 Å². The first kappa shape index (κ1) is 38.6. The second-order valence-electron chi connectivity index (χ2n) is 10.8. The molecule has 1 unspecified atom stereocenters. The second kappa shape index (κ2) is 21.2. The molecule has 0 aromatic carbocycles. The first-order valence-electron chi connectivity index (χ1n) is 13.5. The number of likely N-dealkylation sites (tertiary alicyclic amines) is 1. The Kier molecular flexibility index (Phi) is 22.7. The number of hydrogen-bond acceptors (Lipinski definition) is 5. The molecule has 0 aromatic rings. The van der Waals surface area contributed by atoms with E-state index >= 15 is 0 Å². The van der Waals surface area contributed by atoms with Crippen LogP contribution < -0.4 is 10.6 Å². The number of carbonyl (C=O) groups excluding carboxylic acids is 4. The monoisotopic (exact) mass is 515 g/mol. The number of hydrogen-bond donors (Lipinski definition) is 2. The number of methoxy groups -OCH3 is 1. The minimum Gasteiger partial charge on any atom is -0.379 e. The van der Waals surface area contributed by atoms with Crippen LogP contribution in [-0.4, -0.2) is 66.8 Å². The lowest BCUT2D eigenvalue weighted by molar-refractivity contribution is -0.140. The minimum absolute atomic E-state index is 0.0417. The summed E-state index contributed by atoms with van der Waals surface area (Å²) in [4.78, 5) is 47.2. The summed E-state index contributed by atoms with van der Waals surface area (Å²) in [5.41, 5.74) is -0.713. The van der Waals surface area contributed by atoms with Gasteiger partial charge in [-0.1, -0.05) is 61.8 Å². The molecular formula is C28H57N3O5. The Hall–Kier alpha value is -1.96. The predicted molar refractivity (Wildman–Crippen MR) is 149 cm³/mol. The molecule has 2 rings (SSSR count). The van der Waals surface area contributed by atoms with Crippen molar-refractivity contribution < 1.29 is 23.9 Å². The Balaban J connectivity index is -0.000000600. The SMILES string of the molecule is CC.CC(C)C.CC1CC(C=O)(NC(=O)C2CCCN2C(=O)CNC=O)C1.CCC.COC(C)(C)C. The van der Waals surface area contributed by atoms with Gasteiger partial charge in [0.1, 0.15) is 12.3 Å². The number of rotatable bonds is 6. The molecule has 2 fully saturated rings. The summed E-state index contributed by atoms with van der Waals surface area (Å²) in [5.74, 6) is 0.710. The fourth-order valence-corrected chi connectivity index (χ4v) is 3.31. The lowest BCUT2D eigenvalue weighted by Gasteiger charge is -2.43. The van der Waals surface area contributed by atoms with Gasteiger partial charge in [0, 0.05) is 13.7 Å². The van der Waals surface area contributed by atoms with Crippen molar-refractivity contribution in [2.45, 2.75) is 125 Å². The predicted octanol–water partition coefficient (Wildman–Crippen LogP) is 4.74. The van der Waals surface area contributed by atoms with Crippen molar-refractivity contribution in [3.8, 4) is 0 Å². The summed E-state index contributed by atoms with van der Waals surface area (Å²) in [6.45, 7) is 23.2. The average molecular weight is 516 g/mol. The van der Waals surface area contributed by atoms with Crippen LogP contribution in [0.15, 0.2) is 0 Å². The average Bonchev–Trinajstić information content (AvgIpc) is 3.28. The molecule has 1 saturated carbocycles. The van der Waals surface area contributed by atoms with Crippen LogP contribution in [0.3, 0.4) is 0 Å². The number of amides is 3. The van der Waals surface area contributed by atoms with Gasteiger partial charge in [-0.05, 0) is 58.3 Å². The molecule has 1 atom stereocenters. The summed E-state index contributed by atoms with van der Waals surface area (Å²) < 4.78 is 4.94. The highest BCUT2D eigenvalue weighted by Crippen LogP contribution is 2.36. The maximum absolute atomic E-state index is 12.4. The first-order chi connectivity index (χ1) is 16.7. The third kappa shape index (κ3) is 18.3. The van der Waals surface area contributed by atoms with Crippen LogP contribution >= 0.6 is 0 Å². The van der Waals surface area contributed by atoms with Crippen LogP contribution in [0, 0.1) is 11.8 Å². The Morgan fingerprint density at radius 2 is 1.56 bits per heavy atom. The minimum atomic E-state index is -0.755. The topological polar surface area (TPSA) is 105 Å². The van der Waals surface area contributed by atoms with Crippen molar-refractivity contribution in [2.75, 3.05) is 20.2 Å². The van der Waals surface area contributed by atoms with Gasteiger partial charge < -0.3 is 25.1 Å². The number of ether oxygens (including phenoxy) is 1. The van der Waals surface area contributed by atoms with Gasteiger partial charge in [0.15, 0.2) is 0 Å². The molecule has 0 spiro atoms. The van der Waals surface area contributed by atoms with Crippen molar-refractivity contribution >= 4 is 24.5 Å². The molecule has 0 aromatic heterocycles. The van der Waals surface area contributed by atoms with Crippen LogP contribution in [0.1, 0.15) is 108 Å². The lowest BCUT2D eigenvalue weighted by atomic mass is 9.70. The summed E-state index contributed by atoms with van der Waals surface area (Å²) >= 11 is 0. The van der Waals surface area contributed by atoms with Gasteiger partial charge in [0.05, 0.1) is 17.7 Å². The zero-order chi connectivity index (χ0) is 28.9. The Bertz CT molecular complexity index is 594. The highest BCUT2D eigenvalue weighted by Gasteiger charge is 2.45. The van der Waals surface area contributed by atoms with E-state index in [2.05, 4.69) is 45.3 Å². The van der Waals surface area contributed by atoms with E-state index in [-0.39, 0.29) is 24.0 Å². The quantitative estimate of drug-likeness (QED) is 0.497. The van der Waals surface area contributed by atoms with E-state index in [4.69, 9.17) is 4.74 Å². The maximum Gasteiger partial charge on any atom is 0.243 e. The van der Waals surface area contributed by atoms with Crippen LogP contribution in [0.5, 0.6) is 0 Å². The summed E-state index contributed by atoms with van der Waals surface area (Å²) in [6.07, 6.45) is 5.14. The highest BCUT2D eigenvalue weighted by molar-refractivity contribution is 5.91. The number of carbonyl (C=O) groups is 4. The molecule has 2 N–H and O–H groups in total. The molecule has 3 amide bonds. The molecule has 1 heterocycles. The molecule has 214 valence electrons. The molecule has 8 nitrogen and oxygen atoms in total. The molecule has 0 radical (unpaired) electrons. The van der Waals surface area contributed by atoms with Crippen molar-refractivity contribution in [2.24, 2.45) is 11.8 Å². The Morgan fingerprint density at radius 1 is 1.11 bits per heavy atom. The molecule has 36 heavy (non-hydrogen) atoms. The zero-order valence-corrected chi connectivity index (χ0v) is 25.3. The van der Waals surface area contributed by atoms with E-state index in [9.17, 15) is 19.2 Å². The third-order valence-corrected chi connectivity index (χ3v) is 4.85. The maximum atomic E-state index is 12.4. The molecular weight excluding hydrogens is 458 g/mol. The van der Waals surface area contributed by atoms with Crippen LogP contribution in [0.4, 0.5) is 0 Å². The van der Waals surface area contributed by atoms with E-state index < -0.39 is 11.6 Å². The van der Waals surface area contributed by atoms with Gasteiger partial charge >= 0.3 is 0 Å². The summed E-state index contributed by atoms with van der Waals surface area (Å²) in [7, 11) is 1.71.